The van der Waals surface area contributed by atoms with E-state index in [-0.39, 0.29) is 5.82 Å². The second-order valence-corrected chi connectivity index (χ2v) is 4.83. The third-order valence-electron chi connectivity index (χ3n) is 3.90. The van der Waals surface area contributed by atoms with Crippen molar-refractivity contribution in [2.45, 2.75) is 25.7 Å². The van der Waals surface area contributed by atoms with Crippen molar-refractivity contribution in [2.24, 2.45) is 17.8 Å². The molecule has 14 heavy (non-hydrogen) atoms. The summed E-state index contributed by atoms with van der Waals surface area (Å²) in [7, 11) is 0. The molecule has 0 N–H and O–H groups in total. The molecule has 1 heteroatoms. The molecule has 2 aliphatic carbocycles. The highest BCUT2D eigenvalue weighted by atomic mass is 19.1. The molecule has 2 saturated carbocycles. The van der Waals surface area contributed by atoms with Crippen molar-refractivity contribution in [2.75, 3.05) is 0 Å². The van der Waals surface area contributed by atoms with Gasteiger partial charge in [-0.05, 0) is 61.1 Å². The number of benzene rings is 1. The lowest BCUT2D eigenvalue weighted by Crippen LogP contribution is -2.03. The summed E-state index contributed by atoms with van der Waals surface area (Å²) in [5, 5.41) is 0. The topological polar surface area (TPSA) is 0 Å². The summed E-state index contributed by atoms with van der Waals surface area (Å²) in [6.07, 6.45) is 5.47. The quantitative estimate of drug-likeness (QED) is 0.670. The maximum Gasteiger partial charge on any atom is 0.123 e. The van der Waals surface area contributed by atoms with Crippen LogP contribution in [0.4, 0.5) is 4.39 Å². The summed E-state index contributed by atoms with van der Waals surface area (Å²) in [6.45, 7) is 0. The Morgan fingerprint density at radius 2 is 1.93 bits per heavy atom. The maximum atomic E-state index is 12.7. The van der Waals surface area contributed by atoms with Crippen molar-refractivity contribution in [1.82, 2.24) is 0 Å². The molecule has 3 rings (SSSR count). The van der Waals surface area contributed by atoms with Gasteiger partial charge in [-0.3, -0.25) is 0 Å². The molecule has 1 aromatic carbocycles. The lowest BCUT2D eigenvalue weighted by atomic mass is 9.95. The number of halogens is 1. The summed E-state index contributed by atoms with van der Waals surface area (Å²) < 4.78 is 12.7. The van der Waals surface area contributed by atoms with E-state index in [4.69, 9.17) is 0 Å². The zero-order valence-electron chi connectivity index (χ0n) is 8.25. The van der Waals surface area contributed by atoms with E-state index < -0.39 is 0 Å². The lowest BCUT2D eigenvalue weighted by Gasteiger charge is -2.11. The van der Waals surface area contributed by atoms with Gasteiger partial charge in [0.15, 0.2) is 0 Å². The van der Waals surface area contributed by atoms with E-state index in [1.807, 2.05) is 12.1 Å². The van der Waals surface area contributed by atoms with E-state index in [0.717, 1.165) is 17.8 Å². The molecule has 2 fully saturated rings. The van der Waals surface area contributed by atoms with Gasteiger partial charge in [-0.25, -0.2) is 4.39 Å². The van der Waals surface area contributed by atoms with Crippen molar-refractivity contribution in [3.8, 4) is 0 Å². The average Bonchev–Trinajstić information content (AvgIpc) is 2.88. The summed E-state index contributed by atoms with van der Waals surface area (Å²) >= 11 is 0. The Labute approximate surface area is 84.1 Å². The second kappa shape index (κ2) is 3.08. The summed E-state index contributed by atoms with van der Waals surface area (Å²) in [4.78, 5) is 0. The molecule has 2 aliphatic rings. The van der Waals surface area contributed by atoms with Crippen LogP contribution < -0.4 is 0 Å². The summed E-state index contributed by atoms with van der Waals surface area (Å²) in [6, 6.07) is 7.03. The molecule has 0 heterocycles. The van der Waals surface area contributed by atoms with Crippen LogP contribution in [0, 0.1) is 23.6 Å². The lowest BCUT2D eigenvalue weighted by molar-refractivity contribution is 0.477. The summed E-state index contributed by atoms with van der Waals surface area (Å²) in [5.74, 6) is 2.84. The van der Waals surface area contributed by atoms with Gasteiger partial charge in [0.25, 0.3) is 0 Å². The molecule has 3 atom stereocenters. The van der Waals surface area contributed by atoms with Crippen molar-refractivity contribution >= 4 is 0 Å². The van der Waals surface area contributed by atoms with Crippen LogP contribution in [0.2, 0.25) is 0 Å². The smallest absolute Gasteiger partial charge is 0.123 e. The maximum absolute atomic E-state index is 12.7. The van der Waals surface area contributed by atoms with E-state index in [0.29, 0.717) is 0 Å². The first kappa shape index (κ1) is 8.46. The number of rotatable bonds is 2. The van der Waals surface area contributed by atoms with Crippen LogP contribution in [0.5, 0.6) is 0 Å². The molecule has 0 aliphatic heterocycles. The molecule has 0 nitrogen and oxygen atoms in total. The van der Waals surface area contributed by atoms with Gasteiger partial charge in [0.05, 0.1) is 0 Å². The van der Waals surface area contributed by atoms with E-state index in [1.165, 1.54) is 31.2 Å². The second-order valence-electron chi connectivity index (χ2n) is 4.83. The van der Waals surface area contributed by atoms with Gasteiger partial charge in [-0.15, -0.1) is 0 Å². The average molecular weight is 190 g/mol. The molecule has 0 spiro atoms. The van der Waals surface area contributed by atoms with Crippen LogP contribution in [0.25, 0.3) is 0 Å². The molecule has 74 valence electrons. The third kappa shape index (κ3) is 1.45. The Morgan fingerprint density at radius 1 is 1.14 bits per heavy atom. The highest BCUT2D eigenvalue weighted by Crippen LogP contribution is 2.56. The van der Waals surface area contributed by atoms with Crippen molar-refractivity contribution in [3.63, 3.8) is 0 Å². The molecule has 0 radical (unpaired) electrons. The number of hydrogen-bond donors (Lipinski definition) is 0. The Hall–Kier alpha value is -0.850. The SMILES string of the molecule is Fc1ccc(C[C@@H]2CC[C@@H]3C[C@@H]32)cc1. The Bertz CT molecular complexity index is 328. The van der Waals surface area contributed by atoms with Crippen molar-refractivity contribution < 1.29 is 4.39 Å². The standard InChI is InChI=1S/C13H15F/c14-12-5-1-9(2-6-12)7-10-3-4-11-8-13(10)11/h1-2,5-6,10-11,13H,3-4,7-8H2/t10-,11+,13+/m0/s1. The van der Waals surface area contributed by atoms with E-state index in [2.05, 4.69) is 0 Å². The van der Waals surface area contributed by atoms with Gasteiger partial charge in [-0.2, -0.15) is 0 Å². The van der Waals surface area contributed by atoms with Crippen LogP contribution >= 0.6 is 0 Å². The number of fused-ring (bicyclic) bond motifs is 1. The molecular weight excluding hydrogens is 175 g/mol. The van der Waals surface area contributed by atoms with Crippen molar-refractivity contribution in [3.05, 3.63) is 35.6 Å². The molecule has 0 bridgehead atoms. The zero-order chi connectivity index (χ0) is 9.54. The number of hydrogen-bond acceptors (Lipinski definition) is 0. The fourth-order valence-electron chi connectivity index (χ4n) is 3.00. The van der Waals surface area contributed by atoms with Crippen molar-refractivity contribution in [1.29, 1.82) is 0 Å². The molecular formula is C13H15F. The minimum Gasteiger partial charge on any atom is -0.207 e. The van der Waals surface area contributed by atoms with Gasteiger partial charge in [0.2, 0.25) is 0 Å². The normalized spacial score (nSPS) is 34.2. The first-order valence-corrected chi connectivity index (χ1v) is 5.57. The fraction of sp³-hybridized carbons (Fsp3) is 0.538. The predicted molar refractivity (Wildman–Crippen MR) is 54.4 cm³/mol. The van der Waals surface area contributed by atoms with Crippen LogP contribution in [0.15, 0.2) is 24.3 Å². The van der Waals surface area contributed by atoms with E-state index in [1.54, 1.807) is 12.1 Å². The van der Waals surface area contributed by atoms with Crippen LogP contribution in [-0.2, 0) is 6.42 Å². The predicted octanol–water partition coefficient (Wildman–Crippen LogP) is 3.41. The minimum absolute atomic E-state index is 0.121. The van der Waals surface area contributed by atoms with E-state index >= 15 is 0 Å². The molecule has 0 saturated heterocycles. The van der Waals surface area contributed by atoms with Gasteiger partial charge < -0.3 is 0 Å². The monoisotopic (exact) mass is 190 g/mol. The third-order valence-corrected chi connectivity index (χ3v) is 3.90. The summed E-state index contributed by atoms with van der Waals surface area (Å²) in [5.41, 5.74) is 1.31. The van der Waals surface area contributed by atoms with Gasteiger partial charge in [-0.1, -0.05) is 12.1 Å². The largest absolute Gasteiger partial charge is 0.207 e. The Balaban J connectivity index is 1.69. The van der Waals surface area contributed by atoms with Crippen LogP contribution in [-0.4, -0.2) is 0 Å². The highest BCUT2D eigenvalue weighted by molar-refractivity contribution is 5.18. The Kier molecular flexibility index (Phi) is 1.86. The van der Waals surface area contributed by atoms with Gasteiger partial charge >= 0.3 is 0 Å². The highest BCUT2D eigenvalue weighted by Gasteiger charge is 2.47. The minimum atomic E-state index is -0.121. The van der Waals surface area contributed by atoms with Crippen LogP contribution in [0.3, 0.4) is 0 Å². The van der Waals surface area contributed by atoms with Gasteiger partial charge in [0.1, 0.15) is 5.82 Å². The molecule has 0 unspecified atom stereocenters. The van der Waals surface area contributed by atoms with E-state index in [9.17, 15) is 4.39 Å². The fourth-order valence-corrected chi connectivity index (χ4v) is 3.00. The van der Waals surface area contributed by atoms with Crippen LogP contribution in [0.1, 0.15) is 24.8 Å². The first-order valence-electron chi connectivity index (χ1n) is 5.57. The first-order chi connectivity index (χ1) is 6.83. The van der Waals surface area contributed by atoms with Gasteiger partial charge in [0, 0.05) is 0 Å². The molecule has 0 aromatic heterocycles. The molecule has 1 aromatic rings. The zero-order valence-corrected chi connectivity index (χ0v) is 8.25. The Morgan fingerprint density at radius 3 is 2.50 bits per heavy atom. The molecule has 0 amide bonds.